The highest BCUT2D eigenvalue weighted by Crippen LogP contribution is 2.40. The third-order valence-electron chi connectivity index (χ3n) is 4.71. The van der Waals surface area contributed by atoms with E-state index in [0.29, 0.717) is 17.3 Å². The van der Waals surface area contributed by atoms with E-state index in [1.54, 1.807) is 25.6 Å². The molecule has 4 rings (SSSR count). The third kappa shape index (κ3) is 2.97. The molecule has 0 spiro atoms. The van der Waals surface area contributed by atoms with Gasteiger partial charge in [-0.25, -0.2) is 4.98 Å². The van der Waals surface area contributed by atoms with Gasteiger partial charge in [0.05, 0.1) is 25.6 Å². The number of carbonyl (C=O) groups is 1. The van der Waals surface area contributed by atoms with Crippen molar-refractivity contribution in [3.05, 3.63) is 60.0 Å². The molecule has 138 valence electrons. The molecule has 2 aromatic carbocycles. The summed E-state index contributed by atoms with van der Waals surface area (Å²) in [4.78, 5) is 16.9. The van der Waals surface area contributed by atoms with Gasteiger partial charge in [0.15, 0.2) is 11.5 Å². The lowest BCUT2D eigenvalue weighted by atomic mass is 9.89. The number of rotatable bonds is 4. The van der Waals surface area contributed by atoms with Crippen LogP contribution in [0.25, 0.3) is 5.69 Å². The molecule has 1 aliphatic heterocycles. The summed E-state index contributed by atoms with van der Waals surface area (Å²) >= 11 is 0. The van der Waals surface area contributed by atoms with Crippen molar-refractivity contribution in [3.63, 3.8) is 0 Å². The number of hydrogen-bond donors (Lipinski definition) is 2. The number of aromatic hydroxyl groups is 1. The van der Waals surface area contributed by atoms with Gasteiger partial charge in [-0.2, -0.15) is 0 Å². The van der Waals surface area contributed by atoms with Gasteiger partial charge < -0.3 is 19.9 Å². The van der Waals surface area contributed by atoms with E-state index in [1.807, 2.05) is 34.9 Å². The Hall–Kier alpha value is -3.48. The van der Waals surface area contributed by atoms with Crippen molar-refractivity contribution in [3.8, 4) is 22.9 Å². The largest absolute Gasteiger partial charge is 0.504 e. The number of benzene rings is 2. The van der Waals surface area contributed by atoms with Crippen LogP contribution in [-0.2, 0) is 4.79 Å². The Labute approximate surface area is 156 Å². The quantitative estimate of drug-likeness (QED) is 0.742. The molecule has 3 aromatic rings. The van der Waals surface area contributed by atoms with Gasteiger partial charge in [0.1, 0.15) is 17.9 Å². The average Bonchev–Trinajstić information content (AvgIpc) is 3.11. The van der Waals surface area contributed by atoms with Gasteiger partial charge in [-0.15, -0.1) is 0 Å². The van der Waals surface area contributed by atoms with Crippen molar-refractivity contribution < 1.29 is 19.4 Å². The number of nitrogens with one attached hydrogen (secondary N) is 1. The van der Waals surface area contributed by atoms with Gasteiger partial charge in [-0.3, -0.25) is 9.36 Å². The van der Waals surface area contributed by atoms with E-state index >= 15 is 0 Å². The zero-order chi connectivity index (χ0) is 19.0. The highest BCUT2D eigenvalue weighted by atomic mass is 16.5. The Kier molecular flexibility index (Phi) is 4.19. The number of phenols is 1. The fourth-order valence-electron chi connectivity index (χ4n) is 3.36. The number of carbonyl (C=O) groups excluding carboxylic acids is 1. The second-order valence-electron chi connectivity index (χ2n) is 6.29. The van der Waals surface area contributed by atoms with Crippen molar-refractivity contribution in [1.82, 2.24) is 9.55 Å². The number of methoxy groups -OCH3 is 2. The molecule has 7 nitrogen and oxygen atoms in total. The molecule has 7 heteroatoms. The number of fused-ring (bicyclic) bond motifs is 1. The summed E-state index contributed by atoms with van der Waals surface area (Å²) in [6.07, 6.45) is 1.94. The summed E-state index contributed by atoms with van der Waals surface area (Å²) in [5.41, 5.74) is 2.39. The molecule has 1 aromatic heterocycles. The van der Waals surface area contributed by atoms with Crippen molar-refractivity contribution in [2.75, 3.05) is 19.5 Å². The van der Waals surface area contributed by atoms with E-state index in [-0.39, 0.29) is 24.0 Å². The van der Waals surface area contributed by atoms with Crippen LogP contribution >= 0.6 is 0 Å². The monoisotopic (exact) mass is 365 g/mol. The number of imidazole rings is 1. The fraction of sp³-hybridized carbons (Fsp3) is 0.200. The van der Waals surface area contributed by atoms with Crippen molar-refractivity contribution in [2.24, 2.45) is 0 Å². The Morgan fingerprint density at radius 1 is 1.19 bits per heavy atom. The van der Waals surface area contributed by atoms with E-state index in [0.717, 1.165) is 16.9 Å². The highest BCUT2D eigenvalue weighted by molar-refractivity contribution is 5.94. The van der Waals surface area contributed by atoms with Crippen LogP contribution in [0.15, 0.2) is 48.8 Å². The van der Waals surface area contributed by atoms with E-state index < -0.39 is 0 Å². The maximum Gasteiger partial charge on any atom is 0.226 e. The zero-order valence-electron chi connectivity index (χ0n) is 15.0. The molecule has 0 fully saturated rings. The van der Waals surface area contributed by atoms with Gasteiger partial charge in [0.25, 0.3) is 0 Å². The van der Waals surface area contributed by atoms with Crippen molar-refractivity contribution >= 4 is 11.7 Å². The van der Waals surface area contributed by atoms with Crippen LogP contribution in [0.5, 0.6) is 17.2 Å². The van der Waals surface area contributed by atoms with Crippen LogP contribution in [0.4, 0.5) is 5.82 Å². The lowest BCUT2D eigenvalue weighted by Crippen LogP contribution is -2.24. The summed E-state index contributed by atoms with van der Waals surface area (Å²) in [7, 11) is 3.10. The number of hydrogen-bond acceptors (Lipinski definition) is 5. The first kappa shape index (κ1) is 17.0. The Bertz CT molecular complexity index is 1010. The first-order chi connectivity index (χ1) is 13.1. The standard InChI is InChI=1S/C20H19N3O4/c1-26-14-5-3-4-13(9-14)23-11-21-19-15(10-18(25)22-20(19)23)12-6-7-17(27-2)16(24)8-12/h3-9,11,15,24H,10H2,1-2H3,(H,22,25)/t15-/m1/s1. The van der Waals surface area contributed by atoms with Crippen LogP contribution in [0.3, 0.4) is 0 Å². The maximum atomic E-state index is 12.4. The molecule has 1 aliphatic rings. The average molecular weight is 365 g/mol. The number of aromatic nitrogens is 2. The SMILES string of the molecule is COc1cccc(-n2cnc3c2NC(=O)C[C@@H]3c2ccc(OC)c(O)c2)c1. The maximum absolute atomic E-state index is 12.4. The third-order valence-corrected chi connectivity index (χ3v) is 4.71. The van der Waals surface area contributed by atoms with Gasteiger partial charge >= 0.3 is 0 Å². The van der Waals surface area contributed by atoms with E-state index in [9.17, 15) is 9.90 Å². The lowest BCUT2D eigenvalue weighted by molar-refractivity contribution is -0.116. The van der Waals surface area contributed by atoms with Crippen LogP contribution in [0.1, 0.15) is 23.6 Å². The molecule has 2 N–H and O–H groups in total. The summed E-state index contributed by atoms with van der Waals surface area (Å²) in [5.74, 6) is 1.41. The fourth-order valence-corrected chi connectivity index (χ4v) is 3.36. The second kappa shape index (κ2) is 6.68. The van der Waals surface area contributed by atoms with Gasteiger partial charge in [-0.1, -0.05) is 12.1 Å². The normalized spacial score (nSPS) is 15.8. The highest BCUT2D eigenvalue weighted by Gasteiger charge is 2.31. The van der Waals surface area contributed by atoms with Crippen molar-refractivity contribution in [2.45, 2.75) is 12.3 Å². The van der Waals surface area contributed by atoms with Crippen LogP contribution in [0.2, 0.25) is 0 Å². The molecule has 0 unspecified atom stereocenters. The van der Waals surface area contributed by atoms with Crippen LogP contribution in [-0.4, -0.2) is 34.8 Å². The summed E-state index contributed by atoms with van der Waals surface area (Å²) in [6.45, 7) is 0. The molecule has 0 bridgehead atoms. The van der Waals surface area contributed by atoms with Crippen molar-refractivity contribution in [1.29, 1.82) is 0 Å². The molecule has 1 amide bonds. The first-order valence-electron chi connectivity index (χ1n) is 8.49. The van der Waals surface area contributed by atoms with Gasteiger partial charge in [0.2, 0.25) is 5.91 Å². The number of anilines is 1. The van der Waals surface area contributed by atoms with E-state index in [2.05, 4.69) is 10.3 Å². The molecule has 0 saturated heterocycles. The molecule has 0 aliphatic carbocycles. The minimum Gasteiger partial charge on any atom is -0.504 e. The number of nitrogens with zero attached hydrogens (tertiary/aromatic N) is 2. The minimum atomic E-state index is -0.252. The molecule has 27 heavy (non-hydrogen) atoms. The summed E-state index contributed by atoms with van der Waals surface area (Å²) in [6, 6.07) is 12.7. The molecule has 2 heterocycles. The number of ether oxygens (including phenoxy) is 2. The zero-order valence-corrected chi connectivity index (χ0v) is 15.0. The Morgan fingerprint density at radius 2 is 2.04 bits per heavy atom. The van der Waals surface area contributed by atoms with Crippen LogP contribution in [0, 0.1) is 0 Å². The molecular weight excluding hydrogens is 346 g/mol. The summed E-state index contributed by atoms with van der Waals surface area (Å²) in [5, 5.41) is 13.0. The second-order valence-corrected chi connectivity index (χ2v) is 6.29. The first-order valence-corrected chi connectivity index (χ1v) is 8.49. The minimum absolute atomic E-state index is 0.0368. The predicted octanol–water partition coefficient (Wildman–Crippen LogP) is 3.07. The smallest absolute Gasteiger partial charge is 0.226 e. The summed E-state index contributed by atoms with van der Waals surface area (Å²) < 4.78 is 12.2. The number of phenolic OH excluding ortho intramolecular Hbond substituents is 1. The topological polar surface area (TPSA) is 85.6 Å². The predicted molar refractivity (Wildman–Crippen MR) is 99.9 cm³/mol. The molecule has 0 radical (unpaired) electrons. The molecular formula is C20H19N3O4. The van der Waals surface area contributed by atoms with E-state index in [1.165, 1.54) is 7.11 Å². The molecule has 0 saturated carbocycles. The van der Waals surface area contributed by atoms with Gasteiger partial charge in [0, 0.05) is 18.4 Å². The number of amides is 1. The van der Waals surface area contributed by atoms with Gasteiger partial charge in [-0.05, 0) is 29.8 Å². The lowest BCUT2D eigenvalue weighted by Gasteiger charge is -2.23. The Morgan fingerprint density at radius 3 is 2.78 bits per heavy atom. The van der Waals surface area contributed by atoms with Crippen LogP contribution < -0.4 is 14.8 Å². The molecule has 1 atom stereocenters. The van der Waals surface area contributed by atoms with E-state index in [4.69, 9.17) is 9.47 Å². The Balaban J connectivity index is 1.78.